The van der Waals surface area contributed by atoms with Crippen molar-refractivity contribution in [2.45, 2.75) is 12.8 Å². The summed E-state index contributed by atoms with van der Waals surface area (Å²) in [5, 5.41) is 10.7. The van der Waals surface area contributed by atoms with E-state index in [0.717, 1.165) is 0 Å². The minimum atomic E-state index is 0.251. The molecule has 1 unspecified atom stereocenters. The van der Waals surface area contributed by atoms with E-state index in [1.807, 2.05) is 24.4 Å². The highest BCUT2D eigenvalue weighted by Gasteiger charge is 2.02. The molecule has 1 aromatic heterocycles. The Labute approximate surface area is 59.0 Å². The van der Waals surface area contributed by atoms with Crippen LogP contribution < -0.4 is 0 Å². The van der Waals surface area contributed by atoms with Crippen molar-refractivity contribution in [3.05, 3.63) is 22.4 Å². The Kier molecular flexibility index (Phi) is 2.25. The lowest BCUT2D eigenvalue weighted by molar-refractivity contribution is 0.274. The van der Waals surface area contributed by atoms with E-state index in [2.05, 4.69) is 0 Å². The van der Waals surface area contributed by atoms with E-state index in [-0.39, 0.29) is 6.61 Å². The molecule has 0 aromatic carbocycles. The standard InChI is InChI=1S/C7H10OS/c1-6(5-8)7-3-2-4-9-7/h2-4,6,8H,5H2,1H3. The monoisotopic (exact) mass is 142 g/mol. The van der Waals surface area contributed by atoms with E-state index >= 15 is 0 Å². The van der Waals surface area contributed by atoms with Crippen molar-refractivity contribution >= 4 is 11.3 Å². The predicted octanol–water partition coefficient (Wildman–Crippen LogP) is 1.84. The zero-order chi connectivity index (χ0) is 6.69. The second-order valence-electron chi connectivity index (χ2n) is 2.10. The minimum absolute atomic E-state index is 0.251. The van der Waals surface area contributed by atoms with Crippen LogP contribution >= 0.6 is 11.3 Å². The molecule has 0 saturated heterocycles. The normalized spacial score (nSPS) is 13.6. The van der Waals surface area contributed by atoms with E-state index in [0.29, 0.717) is 5.92 Å². The maximum Gasteiger partial charge on any atom is 0.0504 e. The van der Waals surface area contributed by atoms with Crippen molar-refractivity contribution in [2.75, 3.05) is 6.61 Å². The number of thiophene rings is 1. The summed E-state index contributed by atoms with van der Waals surface area (Å²) in [6.45, 7) is 2.27. The van der Waals surface area contributed by atoms with Crippen molar-refractivity contribution in [1.82, 2.24) is 0 Å². The van der Waals surface area contributed by atoms with Gasteiger partial charge in [-0.2, -0.15) is 0 Å². The van der Waals surface area contributed by atoms with Gasteiger partial charge < -0.3 is 5.11 Å². The molecule has 0 aliphatic rings. The van der Waals surface area contributed by atoms with Gasteiger partial charge in [0.15, 0.2) is 0 Å². The van der Waals surface area contributed by atoms with Crippen molar-refractivity contribution in [2.24, 2.45) is 0 Å². The lowest BCUT2D eigenvalue weighted by Crippen LogP contribution is -1.94. The van der Waals surface area contributed by atoms with Gasteiger partial charge in [0, 0.05) is 10.8 Å². The molecule has 0 aliphatic carbocycles. The molecule has 1 rings (SSSR count). The van der Waals surface area contributed by atoms with Gasteiger partial charge in [0.1, 0.15) is 0 Å². The maximum absolute atomic E-state index is 8.71. The molecule has 2 heteroatoms. The molecule has 1 aromatic rings. The highest BCUT2D eigenvalue weighted by molar-refractivity contribution is 7.10. The molecule has 50 valence electrons. The van der Waals surface area contributed by atoms with Crippen LogP contribution in [0.1, 0.15) is 17.7 Å². The lowest BCUT2D eigenvalue weighted by atomic mass is 10.2. The highest BCUT2D eigenvalue weighted by Crippen LogP contribution is 2.19. The molecule has 1 heterocycles. The highest BCUT2D eigenvalue weighted by atomic mass is 32.1. The number of aliphatic hydroxyl groups excluding tert-OH is 1. The fourth-order valence-corrected chi connectivity index (χ4v) is 1.44. The molecule has 0 aliphatic heterocycles. The van der Waals surface area contributed by atoms with Gasteiger partial charge in [-0.15, -0.1) is 11.3 Å². The van der Waals surface area contributed by atoms with E-state index in [4.69, 9.17) is 5.11 Å². The SMILES string of the molecule is CC(CO)c1cccs1. The molecule has 0 saturated carbocycles. The van der Waals surface area contributed by atoms with Crippen LogP contribution in [0, 0.1) is 0 Å². The van der Waals surface area contributed by atoms with Crippen LogP contribution in [0.25, 0.3) is 0 Å². The predicted molar refractivity (Wildman–Crippen MR) is 39.8 cm³/mol. The Balaban J connectivity index is 2.65. The number of aliphatic hydroxyl groups is 1. The number of hydrogen-bond acceptors (Lipinski definition) is 2. The Morgan fingerprint density at radius 3 is 3.00 bits per heavy atom. The zero-order valence-corrected chi connectivity index (χ0v) is 6.19. The summed E-state index contributed by atoms with van der Waals surface area (Å²) in [6, 6.07) is 4.05. The molecular formula is C7H10OS. The summed E-state index contributed by atoms with van der Waals surface area (Å²) in [4.78, 5) is 1.26. The van der Waals surface area contributed by atoms with Gasteiger partial charge in [-0.1, -0.05) is 13.0 Å². The summed E-state index contributed by atoms with van der Waals surface area (Å²) in [6.07, 6.45) is 0. The van der Waals surface area contributed by atoms with Crippen molar-refractivity contribution in [1.29, 1.82) is 0 Å². The first-order chi connectivity index (χ1) is 4.34. The molecular weight excluding hydrogens is 132 g/mol. The zero-order valence-electron chi connectivity index (χ0n) is 5.37. The van der Waals surface area contributed by atoms with E-state index in [1.165, 1.54) is 4.88 Å². The summed E-state index contributed by atoms with van der Waals surface area (Å²) in [5.41, 5.74) is 0. The third kappa shape index (κ3) is 1.53. The topological polar surface area (TPSA) is 20.2 Å². The second-order valence-corrected chi connectivity index (χ2v) is 3.08. The average Bonchev–Trinajstić information content (AvgIpc) is 2.37. The molecule has 0 bridgehead atoms. The quantitative estimate of drug-likeness (QED) is 0.668. The van der Waals surface area contributed by atoms with Crippen molar-refractivity contribution < 1.29 is 5.11 Å². The van der Waals surface area contributed by atoms with Crippen LogP contribution in [0.4, 0.5) is 0 Å². The minimum Gasteiger partial charge on any atom is -0.396 e. The largest absolute Gasteiger partial charge is 0.396 e. The first-order valence-corrected chi connectivity index (χ1v) is 3.87. The molecule has 0 spiro atoms. The summed E-state index contributed by atoms with van der Waals surface area (Å²) >= 11 is 1.70. The Morgan fingerprint density at radius 1 is 1.78 bits per heavy atom. The smallest absolute Gasteiger partial charge is 0.0504 e. The van der Waals surface area contributed by atoms with Crippen LogP contribution in [-0.2, 0) is 0 Å². The van der Waals surface area contributed by atoms with Gasteiger partial charge in [-0.3, -0.25) is 0 Å². The van der Waals surface area contributed by atoms with E-state index in [9.17, 15) is 0 Å². The first-order valence-electron chi connectivity index (χ1n) is 2.99. The first kappa shape index (κ1) is 6.78. The van der Waals surface area contributed by atoms with Gasteiger partial charge >= 0.3 is 0 Å². The second kappa shape index (κ2) is 2.99. The van der Waals surface area contributed by atoms with E-state index in [1.54, 1.807) is 11.3 Å². The van der Waals surface area contributed by atoms with E-state index < -0.39 is 0 Å². The maximum atomic E-state index is 8.71. The summed E-state index contributed by atoms with van der Waals surface area (Å²) in [5.74, 6) is 0.310. The van der Waals surface area contributed by atoms with Gasteiger partial charge in [-0.25, -0.2) is 0 Å². The van der Waals surface area contributed by atoms with Crippen LogP contribution in [0.2, 0.25) is 0 Å². The third-order valence-electron chi connectivity index (χ3n) is 1.30. The van der Waals surface area contributed by atoms with Crippen LogP contribution in [0.15, 0.2) is 17.5 Å². The Morgan fingerprint density at radius 2 is 2.56 bits per heavy atom. The van der Waals surface area contributed by atoms with Crippen LogP contribution in [0.5, 0.6) is 0 Å². The van der Waals surface area contributed by atoms with Gasteiger partial charge in [-0.05, 0) is 11.4 Å². The average molecular weight is 142 g/mol. The van der Waals surface area contributed by atoms with Gasteiger partial charge in [0.25, 0.3) is 0 Å². The molecule has 1 atom stereocenters. The molecule has 0 fully saturated rings. The molecule has 0 radical (unpaired) electrons. The Bertz CT molecular complexity index is 157. The fraction of sp³-hybridized carbons (Fsp3) is 0.429. The number of hydrogen-bond donors (Lipinski definition) is 1. The molecule has 1 nitrogen and oxygen atoms in total. The molecule has 9 heavy (non-hydrogen) atoms. The lowest BCUT2D eigenvalue weighted by Gasteiger charge is -2.01. The fourth-order valence-electron chi connectivity index (χ4n) is 0.662. The van der Waals surface area contributed by atoms with Gasteiger partial charge in [0.05, 0.1) is 6.61 Å². The van der Waals surface area contributed by atoms with Crippen LogP contribution in [0.3, 0.4) is 0 Å². The number of rotatable bonds is 2. The van der Waals surface area contributed by atoms with Gasteiger partial charge in [0.2, 0.25) is 0 Å². The Hall–Kier alpha value is -0.340. The molecule has 1 N–H and O–H groups in total. The summed E-state index contributed by atoms with van der Waals surface area (Å²) < 4.78 is 0. The molecule has 0 amide bonds. The van der Waals surface area contributed by atoms with Crippen molar-refractivity contribution in [3.8, 4) is 0 Å². The van der Waals surface area contributed by atoms with Crippen LogP contribution in [-0.4, -0.2) is 11.7 Å². The summed E-state index contributed by atoms with van der Waals surface area (Å²) in [7, 11) is 0. The third-order valence-corrected chi connectivity index (χ3v) is 2.41. The van der Waals surface area contributed by atoms with Crippen molar-refractivity contribution in [3.63, 3.8) is 0 Å².